The van der Waals surface area contributed by atoms with Gasteiger partial charge in [-0.1, -0.05) is 27.5 Å². The molecule has 88 valence electrons. The Morgan fingerprint density at radius 2 is 2.50 bits per heavy atom. The molecule has 0 saturated carbocycles. The lowest BCUT2D eigenvalue weighted by molar-refractivity contribution is -0.00212. The largest absolute Gasteiger partial charge is 0.378 e. The van der Waals surface area contributed by atoms with E-state index in [1.807, 2.05) is 6.07 Å². The maximum Gasteiger partial charge on any atom is 0.0634 e. The van der Waals surface area contributed by atoms with Crippen molar-refractivity contribution < 1.29 is 4.74 Å². The molecule has 0 radical (unpaired) electrons. The maximum atomic E-state index is 6.10. The van der Waals surface area contributed by atoms with Crippen molar-refractivity contribution in [3.05, 3.63) is 29.0 Å². The van der Waals surface area contributed by atoms with Crippen LogP contribution in [0.4, 0.5) is 0 Å². The minimum atomic E-state index is 0.429. The summed E-state index contributed by atoms with van der Waals surface area (Å²) >= 11 is 9.62. The van der Waals surface area contributed by atoms with Crippen LogP contribution in [0.15, 0.2) is 18.5 Å². The molecule has 1 atom stereocenters. The van der Waals surface area contributed by atoms with Crippen LogP contribution in [0.3, 0.4) is 0 Å². The summed E-state index contributed by atoms with van der Waals surface area (Å²) in [7, 11) is 0. The van der Waals surface area contributed by atoms with Crippen LogP contribution in [0, 0.1) is 0 Å². The molecule has 3 nitrogen and oxygen atoms in total. The molecule has 1 aromatic heterocycles. The first-order chi connectivity index (χ1) is 7.81. The van der Waals surface area contributed by atoms with E-state index in [-0.39, 0.29) is 0 Å². The summed E-state index contributed by atoms with van der Waals surface area (Å²) in [6.45, 7) is 3.40. The monoisotopic (exact) mass is 304 g/mol. The minimum Gasteiger partial charge on any atom is -0.378 e. The molecule has 1 saturated heterocycles. The van der Waals surface area contributed by atoms with E-state index in [1.54, 1.807) is 12.4 Å². The van der Waals surface area contributed by atoms with Gasteiger partial charge in [0.2, 0.25) is 0 Å². The average molecular weight is 306 g/mol. The Morgan fingerprint density at radius 1 is 1.62 bits per heavy atom. The third-order valence-corrected chi connectivity index (χ3v) is 3.85. The maximum absolute atomic E-state index is 6.10. The predicted octanol–water partition coefficient (Wildman–Crippen LogP) is 2.33. The Bertz CT molecular complexity index is 351. The highest BCUT2D eigenvalue weighted by Gasteiger charge is 2.22. The van der Waals surface area contributed by atoms with Gasteiger partial charge in [-0.25, -0.2) is 0 Å². The zero-order chi connectivity index (χ0) is 11.4. The van der Waals surface area contributed by atoms with Crippen molar-refractivity contribution in [2.75, 3.05) is 25.1 Å². The van der Waals surface area contributed by atoms with Gasteiger partial charge in [-0.05, 0) is 11.6 Å². The van der Waals surface area contributed by atoms with E-state index in [4.69, 9.17) is 16.3 Å². The quantitative estimate of drug-likeness (QED) is 0.802. The number of rotatable bonds is 3. The SMILES string of the molecule is Clc1cnccc1CN1CCOCC1CBr. The number of nitrogens with zero attached hydrogens (tertiary/aromatic N) is 2. The summed E-state index contributed by atoms with van der Waals surface area (Å²) in [6.07, 6.45) is 3.48. The predicted molar refractivity (Wildman–Crippen MR) is 68.1 cm³/mol. The number of pyridine rings is 1. The molecule has 0 N–H and O–H groups in total. The van der Waals surface area contributed by atoms with E-state index in [0.29, 0.717) is 6.04 Å². The minimum absolute atomic E-state index is 0.429. The number of halogens is 2. The second-order valence-electron chi connectivity index (χ2n) is 3.82. The standard InChI is InChI=1S/C11H14BrClN2O/c12-5-10-8-16-4-3-15(10)7-9-1-2-14-6-11(9)13/h1-2,6,10H,3-5,7-8H2. The first kappa shape index (κ1) is 12.3. The summed E-state index contributed by atoms with van der Waals surface area (Å²) in [4.78, 5) is 6.38. The average Bonchev–Trinajstić information content (AvgIpc) is 2.33. The molecule has 1 aliphatic heterocycles. The molecular formula is C11H14BrClN2O. The van der Waals surface area contributed by atoms with Gasteiger partial charge in [0.1, 0.15) is 0 Å². The molecule has 1 aliphatic rings. The van der Waals surface area contributed by atoms with Gasteiger partial charge in [0.25, 0.3) is 0 Å². The molecule has 0 aromatic carbocycles. The molecule has 0 aliphatic carbocycles. The third kappa shape index (κ3) is 2.94. The van der Waals surface area contributed by atoms with Crippen LogP contribution in [-0.2, 0) is 11.3 Å². The highest BCUT2D eigenvalue weighted by Crippen LogP contribution is 2.19. The van der Waals surface area contributed by atoms with Crippen LogP contribution in [0.2, 0.25) is 5.02 Å². The Labute approximate surface area is 109 Å². The summed E-state index contributed by atoms with van der Waals surface area (Å²) in [6, 6.07) is 2.40. The second kappa shape index (κ2) is 5.96. The van der Waals surface area contributed by atoms with E-state index in [1.165, 1.54) is 0 Å². The van der Waals surface area contributed by atoms with Gasteiger partial charge in [-0.2, -0.15) is 0 Å². The summed E-state index contributed by atoms with van der Waals surface area (Å²) < 4.78 is 5.45. The molecule has 0 amide bonds. The molecule has 5 heteroatoms. The van der Waals surface area contributed by atoms with E-state index in [2.05, 4.69) is 25.8 Å². The van der Waals surface area contributed by atoms with Crippen molar-refractivity contribution in [1.29, 1.82) is 0 Å². The summed E-state index contributed by atoms with van der Waals surface area (Å²) in [5.41, 5.74) is 1.13. The van der Waals surface area contributed by atoms with Crippen LogP contribution < -0.4 is 0 Å². The van der Waals surface area contributed by atoms with Crippen LogP contribution >= 0.6 is 27.5 Å². The summed E-state index contributed by atoms with van der Waals surface area (Å²) in [5, 5.41) is 1.66. The van der Waals surface area contributed by atoms with Gasteiger partial charge in [-0.3, -0.25) is 9.88 Å². The lowest BCUT2D eigenvalue weighted by atomic mass is 10.2. The molecule has 2 rings (SSSR count). The molecule has 16 heavy (non-hydrogen) atoms. The molecule has 2 heterocycles. The van der Waals surface area contributed by atoms with E-state index in [0.717, 1.165) is 42.2 Å². The molecule has 1 aromatic rings. The molecule has 0 bridgehead atoms. The van der Waals surface area contributed by atoms with Crippen LogP contribution in [0.1, 0.15) is 5.56 Å². The summed E-state index contributed by atoms with van der Waals surface area (Å²) in [5.74, 6) is 0. The number of hydrogen-bond acceptors (Lipinski definition) is 3. The fraction of sp³-hybridized carbons (Fsp3) is 0.545. The Hall–Kier alpha value is -0.160. The number of aromatic nitrogens is 1. The number of hydrogen-bond donors (Lipinski definition) is 0. The van der Waals surface area contributed by atoms with Gasteiger partial charge in [0.05, 0.1) is 18.2 Å². The lowest BCUT2D eigenvalue weighted by Crippen LogP contribution is -2.45. The lowest BCUT2D eigenvalue weighted by Gasteiger charge is -2.34. The first-order valence-electron chi connectivity index (χ1n) is 5.27. The first-order valence-corrected chi connectivity index (χ1v) is 6.77. The van der Waals surface area contributed by atoms with Crippen molar-refractivity contribution in [1.82, 2.24) is 9.88 Å². The van der Waals surface area contributed by atoms with E-state index >= 15 is 0 Å². The topological polar surface area (TPSA) is 25.4 Å². The molecular weight excluding hydrogens is 291 g/mol. The highest BCUT2D eigenvalue weighted by atomic mass is 79.9. The third-order valence-electron chi connectivity index (χ3n) is 2.76. The number of ether oxygens (including phenoxy) is 1. The van der Waals surface area contributed by atoms with E-state index < -0.39 is 0 Å². The van der Waals surface area contributed by atoms with Gasteiger partial charge < -0.3 is 4.74 Å². The van der Waals surface area contributed by atoms with Crippen molar-refractivity contribution in [2.24, 2.45) is 0 Å². The van der Waals surface area contributed by atoms with Crippen LogP contribution in [0.25, 0.3) is 0 Å². The zero-order valence-corrected chi connectivity index (χ0v) is 11.2. The molecule has 1 unspecified atom stereocenters. The zero-order valence-electron chi connectivity index (χ0n) is 8.90. The highest BCUT2D eigenvalue weighted by molar-refractivity contribution is 9.09. The van der Waals surface area contributed by atoms with Gasteiger partial charge >= 0.3 is 0 Å². The second-order valence-corrected chi connectivity index (χ2v) is 4.88. The fourth-order valence-electron chi connectivity index (χ4n) is 1.79. The van der Waals surface area contributed by atoms with Gasteiger partial charge in [-0.15, -0.1) is 0 Å². The Balaban J connectivity index is 2.05. The van der Waals surface area contributed by atoms with Crippen molar-refractivity contribution >= 4 is 27.5 Å². The van der Waals surface area contributed by atoms with Crippen molar-refractivity contribution in [2.45, 2.75) is 12.6 Å². The van der Waals surface area contributed by atoms with Gasteiger partial charge in [0.15, 0.2) is 0 Å². The van der Waals surface area contributed by atoms with Crippen LogP contribution in [-0.4, -0.2) is 41.0 Å². The number of morpholine rings is 1. The molecule has 1 fully saturated rings. The number of alkyl halides is 1. The molecule has 0 spiro atoms. The van der Waals surface area contributed by atoms with Crippen molar-refractivity contribution in [3.63, 3.8) is 0 Å². The van der Waals surface area contributed by atoms with Gasteiger partial charge in [0, 0.05) is 36.9 Å². The smallest absolute Gasteiger partial charge is 0.0634 e. The normalized spacial score (nSPS) is 22.2. The van der Waals surface area contributed by atoms with E-state index in [9.17, 15) is 0 Å². The van der Waals surface area contributed by atoms with Crippen LogP contribution in [0.5, 0.6) is 0 Å². The Kier molecular flexibility index (Phi) is 4.58. The van der Waals surface area contributed by atoms with Crippen molar-refractivity contribution in [3.8, 4) is 0 Å². The Morgan fingerprint density at radius 3 is 3.25 bits per heavy atom. The fourth-order valence-corrected chi connectivity index (χ4v) is 2.57.